The molecule has 0 N–H and O–H groups in total. The number of thiophene rings is 1. The van der Waals surface area contributed by atoms with Crippen LogP contribution in [0.25, 0.3) is 0 Å². The van der Waals surface area contributed by atoms with Crippen LogP contribution in [0.5, 0.6) is 0 Å². The van der Waals surface area contributed by atoms with Crippen molar-refractivity contribution in [2.75, 3.05) is 18.6 Å². The zero-order valence-corrected chi connectivity index (χ0v) is 10.3. The van der Waals surface area contributed by atoms with Crippen molar-refractivity contribution in [2.24, 2.45) is 0 Å². The lowest BCUT2D eigenvalue weighted by Crippen LogP contribution is -2.26. The number of ether oxygens (including phenoxy) is 1. The van der Waals surface area contributed by atoms with Crippen LogP contribution in [0.3, 0.4) is 0 Å². The zero-order chi connectivity index (χ0) is 12.6. The molecule has 1 saturated heterocycles. The van der Waals surface area contributed by atoms with E-state index >= 15 is 0 Å². The fourth-order valence-corrected chi connectivity index (χ4v) is 2.77. The van der Waals surface area contributed by atoms with Gasteiger partial charge in [-0.15, -0.1) is 11.3 Å². The predicted molar refractivity (Wildman–Crippen MR) is 62.4 cm³/mol. The number of hydrogen-bond acceptors (Lipinski definition) is 5. The molecule has 17 heavy (non-hydrogen) atoms. The molecule has 1 aromatic heterocycles. The molecule has 1 fully saturated rings. The summed E-state index contributed by atoms with van der Waals surface area (Å²) >= 11 is 1.22. The highest BCUT2D eigenvalue weighted by Crippen LogP contribution is 2.33. The molecule has 0 spiro atoms. The Balaban J connectivity index is 2.44. The quantitative estimate of drug-likeness (QED) is 0.586. The summed E-state index contributed by atoms with van der Waals surface area (Å²) in [4.78, 5) is 36.2. The third kappa shape index (κ3) is 1.95. The number of carbonyl (C=O) groups is 3. The highest BCUT2D eigenvalue weighted by Gasteiger charge is 2.33. The minimum atomic E-state index is -0.481. The molecule has 1 aliphatic rings. The third-order valence-electron chi connectivity index (χ3n) is 2.57. The maximum atomic E-state index is 11.7. The number of carbonyl (C=O) groups excluding carboxylic acids is 3. The van der Waals surface area contributed by atoms with E-state index in [1.807, 2.05) is 0 Å². The first-order valence-electron chi connectivity index (χ1n) is 5.03. The van der Waals surface area contributed by atoms with Crippen molar-refractivity contribution in [3.05, 3.63) is 15.8 Å². The van der Waals surface area contributed by atoms with Crippen LogP contribution in [0.2, 0.25) is 0 Å². The molecule has 0 aliphatic carbocycles. The Bertz CT molecular complexity index is 506. The first-order chi connectivity index (χ1) is 8.04. The van der Waals surface area contributed by atoms with Crippen molar-refractivity contribution < 1.29 is 19.1 Å². The number of amides is 1. The Kier molecular flexibility index (Phi) is 2.97. The maximum Gasteiger partial charge on any atom is 0.350 e. The molecule has 1 amide bonds. The number of anilines is 1. The topological polar surface area (TPSA) is 63.7 Å². The standard InChI is InChI=1S/C11H11NO4S/c1-6-5-17-10(11(15)16-2)9(6)12-4-7(13)3-8(12)14/h5H,3-4H2,1-2H3. The van der Waals surface area contributed by atoms with Crippen molar-refractivity contribution in [3.63, 3.8) is 0 Å². The van der Waals surface area contributed by atoms with E-state index in [1.54, 1.807) is 12.3 Å². The van der Waals surface area contributed by atoms with Crippen molar-refractivity contribution in [2.45, 2.75) is 13.3 Å². The zero-order valence-electron chi connectivity index (χ0n) is 9.48. The second kappa shape index (κ2) is 4.29. The smallest absolute Gasteiger partial charge is 0.350 e. The Morgan fingerprint density at radius 1 is 1.47 bits per heavy atom. The van der Waals surface area contributed by atoms with Crippen LogP contribution in [0.4, 0.5) is 5.69 Å². The fourth-order valence-electron chi connectivity index (χ4n) is 1.80. The van der Waals surface area contributed by atoms with Gasteiger partial charge in [-0.3, -0.25) is 9.59 Å². The number of Topliss-reactive ketones (excluding diaryl/α,β-unsaturated/α-hetero) is 1. The largest absolute Gasteiger partial charge is 0.465 e. The monoisotopic (exact) mass is 253 g/mol. The lowest BCUT2D eigenvalue weighted by molar-refractivity contribution is -0.121. The van der Waals surface area contributed by atoms with E-state index in [9.17, 15) is 14.4 Å². The van der Waals surface area contributed by atoms with Crippen LogP contribution in [0.15, 0.2) is 5.38 Å². The molecule has 2 rings (SSSR count). The van der Waals surface area contributed by atoms with E-state index in [0.29, 0.717) is 10.6 Å². The highest BCUT2D eigenvalue weighted by molar-refractivity contribution is 7.12. The van der Waals surface area contributed by atoms with E-state index in [2.05, 4.69) is 4.74 Å². The molecule has 0 saturated carbocycles. The van der Waals surface area contributed by atoms with E-state index in [1.165, 1.54) is 23.3 Å². The summed E-state index contributed by atoms with van der Waals surface area (Å²) < 4.78 is 4.66. The molecule has 5 nitrogen and oxygen atoms in total. The first kappa shape index (κ1) is 11.8. The van der Waals surface area contributed by atoms with Gasteiger partial charge >= 0.3 is 5.97 Å². The van der Waals surface area contributed by atoms with Crippen molar-refractivity contribution in [1.29, 1.82) is 0 Å². The van der Waals surface area contributed by atoms with Gasteiger partial charge in [0.25, 0.3) is 0 Å². The summed E-state index contributed by atoms with van der Waals surface area (Å²) in [5, 5.41) is 1.78. The molecule has 6 heteroatoms. The molecular weight excluding hydrogens is 242 g/mol. The lowest BCUT2D eigenvalue weighted by atomic mass is 10.2. The average molecular weight is 253 g/mol. The van der Waals surface area contributed by atoms with Gasteiger partial charge in [0, 0.05) is 0 Å². The molecule has 0 radical (unpaired) electrons. The van der Waals surface area contributed by atoms with Gasteiger partial charge in [0.1, 0.15) is 4.88 Å². The number of esters is 1. The molecule has 1 aromatic rings. The average Bonchev–Trinajstić information content (AvgIpc) is 2.80. The minimum Gasteiger partial charge on any atom is -0.465 e. The van der Waals surface area contributed by atoms with Crippen LogP contribution in [0.1, 0.15) is 21.7 Å². The lowest BCUT2D eigenvalue weighted by Gasteiger charge is -2.16. The number of ketones is 1. The summed E-state index contributed by atoms with van der Waals surface area (Å²) in [6.45, 7) is 1.84. The number of aryl methyl sites for hydroxylation is 1. The van der Waals surface area contributed by atoms with E-state index in [0.717, 1.165) is 5.56 Å². The van der Waals surface area contributed by atoms with Gasteiger partial charge in [0.2, 0.25) is 5.91 Å². The van der Waals surface area contributed by atoms with Gasteiger partial charge < -0.3 is 9.64 Å². The summed E-state index contributed by atoms with van der Waals surface area (Å²) in [5.41, 5.74) is 1.32. The summed E-state index contributed by atoms with van der Waals surface area (Å²) in [5.74, 6) is -0.872. The van der Waals surface area contributed by atoms with E-state index in [-0.39, 0.29) is 24.7 Å². The SMILES string of the molecule is COC(=O)c1scc(C)c1N1CC(=O)CC1=O. The Labute approximate surface area is 102 Å². The summed E-state index contributed by atoms with van der Waals surface area (Å²) in [6.07, 6.45) is -0.0874. The van der Waals surface area contributed by atoms with E-state index < -0.39 is 5.97 Å². The minimum absolute atomic E-state index is 0.0421. The summed E-state index contributed by atoms with van der Waals surface area (Å²) in [7, 11) is 1.29. The predicted octanol–water partition coefficient (Wildman–Crippen LogP) is 1.15. The van der Waals surface area contributed by atoms with Crippen LogP contribution in [0, 0.1) is 6.92 Å². The van der Waals surface area contributed by atoms with Gasteiger partial charge in [0.05, 0.1) is 25.8 Å². The Hall–Kier alpha value is -1.69. The fraction of sp³-hybridized carbons (Fsp3) is 0.364. The molecule has 0 bridgehead atoms. The van der Waals surface area contributed by atoms with Crippen LogP contribution >= 0.6 is 11.3 Å². The number of nitrogens with zero attached hydrogens (tertiary/aromatic N) is 1. The van der Waals surface area contributed by atoms with Crippen LogP contribution in [-0.2, 0) is 14.3 Å². The number of rotatable bonds is 2. The Morgan fingerprint density at radius 2 is 2.18 bits per heavy atom. The van der Waals surface area contributed by atoms with Gasteiger partial charge in [-0.1, -0.05) is 0 Å². The molecular formula is C11H11NO4S. The van der Waals surface area contributed by atoms with Crippen LogP contribution < -0.4 is 4.90 Å². The van der Waals surface area contributed by atoms with Gasteiger partial charge in [-0.05, 0) is 17.9 Å². The van der Waals surface area contributed by atoms with Gasteiger partial charge in [-0.25, -0.2) is 4.79 Å². The number of methoxy groups -OCH3 is 1. The molecule has 90 valence electrons. The third-order valence-corrected chi connectivity index (χ3v) is 3.63. The van der Waals surface area contributed by atoms with Gasteiger partial charge in [-0.2, -0.15) is 0 Å². The highest BCUT2D eigenvalue weighted by atomic mass is 32.1. The van der Waals surface area contributed by atoms with Gasteiger partial charge in [0.15, 0.2) is 5.78 Å². The molecule has 0 aromatic carbocycles. The van der Waals surface area contributed by atoms with Crippen molar-refractivity contribution in [3.8, 4) is 0 Å². The maximum absolute atomic E-state index is 11.7. The Morgan fingerprint density at radius 3 is 2.71 bits per heavy atom. The normalized spacial score (nSPS) is 15.5. The van der Waals surface area contributed by atoms with E-state index in [4.69, 9.17) is 0 Å². The molecule has 0 atom stereocenters. The van der Waals surface area contributed by atoms with Crippen LogP contribution in [-0.4, -0.2) is 31.3 Å². The second-order valence-electron chi connectivity index (χ2n) is 3.78. The van der Waals surface area contributed by atoms with Crippen molar-refractivity contribution in [1.82, 2.24) is 0 Å². The van der Waals surface area contributed by atoms with Crippen molar-refractivity contribution >= 4 is 34.7 Å². The summed E-state index contributed by atoms with van der Waals surface area (Å²) in [6, 6.07) is 0. The molecule has 0 unspecified atom stereocenters. The molecule has 2 heterocycles. The molecule has 1 aliphatic heterocycles. The first-order valence-corrected chi connectivity index (χ1v) is 5.91. The second-order valence-corrected chi connectivity index (χ2v) is 4.66. The number of hydrogen-bond donors (Lipinski definition) is 0.